The van der Waals surface area contributed by atoms with E-state index in [2.05, 4.69) is 10.6 Å². The average molecular weight is 316 g/mol. The first-order valence-corrected chi connectivity index (χ1v) is 7.57. The summed E-state index contributed by atoms with van der Waals surface area (Å²) >= 11 is 0. The molecule has 0 radical (unpaired) electrons. The lowest BCUT2D eigenvalue weighted by molar-refractivity contribution is -0.120. The Morgan fingerprint density at radius 2 is 1.83 bits per heavy atom. The molecular weight excluding hydrogens is 295 g/mol. The largest absolute Gasteiger partial charge is 0.496 e. The summed E-state index contributed by atoms with van der Waals surface area (Å²) in [6.07, 6.45) is 1.09. The molecule has 0 heterocycles. The van der Waals surface area contributed by atoms with Crippen molar-refractivity contribution in [1.29, 1.82) is 0 Å². The third-order valence-corrected chi connectivity index (χ3v) is 3.43. The van der Waals surface area contributed by atoms with Crippen molar-refractivity contribution < 1.29 is 13.9 Å². The second kappa shape index (κ2) is 8.78. The number of ether oxygens (including phenoxy) is 1. The number of nitrogens with one attached hydrogen (secondary N) is 2. The summed E-state index contributed by atoms with van der Waals surface area (Å²) in [5.74, 6) is 0.541. The minimum absolute atomic E-state index is 0.0190. The first-order valence-electron chi connectivity index (χ1n) is 7.57. The van der Waals surface area contributed by atoms with Crippen molar-refractivity contribution in [2.24, 2.45) is 0 Å². The number of methoxy groups -OCH3 is 1. The van der Waals surface area contributed by atoms with Crippen molar-refractivity contribution in [2.75, 3.05) is 25.5 Å². The molecule has 4 nitrogen and oxygen atoms in total. The number of para-hydroxylation sites is 1. The van der Waals surface area contributed by atoms with Gasteiger partial charge in [0.05, 0.1) is 7.11 Å². The van der Waals surface area contributed by atoms with E-state index < -0.39 is 0 Å². The monoisotopic (exact) mass is 316 g/mol. The van der Waals surface area contributed by atoms with Crippen molar-refractivity contribution >= 4 is 11.6 Å². The highest BCUT2D eigenvalue weighted by Crippen LogP contribution is 2.17. The molecule has 1 amide bonds. The van der Waals surface area contributed by atoms with Crippen LogP contribution in [0.4, 0.5) is 10.1 Å². The van der Waals surface area contributed by atoms with Crippen LogP contribution in [0.25, 0.3) is 0 Å². The summed E-state index contributed by atoms with van der Waals surface area (Å²) in [5.41, 5.74) is 1.87. The van der Waals surface area contributed by atoms with Gasteiger partial charge in [0.15, 0.2) is 0 Å². The lowest BCUT2D eigenvalue weighted by Crippen LogP contribution is -2.27. The zero-order valence-electron chi connectivity index (χ0n) is 13.1. The maximum absolute atomic E-state index is 12.8. The van der Waals surface area contributed by atoms with Crippen LogP contribution in [0, 0.1) is 5.82 Å². The molecule has 0 bridgehead atoms. The quantitative estimate of drug-likeness (QED) is 0.787. The molecule has 0 aromatic heterocycles. The van der Waals surface area contributed by atoms with Crippen LogP contribution in [0.15, 0.2) is 48.5 Å². The standard InChI is InChI=1S/C18H21FN2O2/c1-23-17-5-3-2-4-14(17)10-12-21-18(22)11-13-20-16-8-6-15(19)7-9-16/h2-9,20H,10-13H2,1H3,(H,21,22). The van der Waals surface area contributed by atoms with E-state index in [9.17, 15) is 9.18 Å². The highest BCUT2D eigenvalue weighted by Gasteiger charge is 2.04. The Morgan fingerprint density at radius 3 is 2.57 bits per heavy atom. The molecule has 0 fully saturated rings. The smallest absolute Gasteiger partial charge is 0.221 e. The zero-order chi connectivity index (χ0) is 16.5. The van der Waals surface area contributed by atoms with Gasteiger partial charge in [-0.15, -0.1) is 0 Å². The molecule has 2 aromatic carbocycles. The molecule has 2 aromatic rings. The van der Waals surface area contributed by atoms with Crippen LogP contribution < -0.4 is 15.4 Å². The third-order valence-electron chi connectivity index (χ3n) is 3.43. The molecule has 0 saturated carbocycles. The number of carbonyl (C=O) groups is 1. The second-order valence-electron chi connectivity index (χ2n) is 5.10. The van der Waals surface area contributed by atoms with Crippen molar-refractivity contribution in [2.45, 2.75) is 12.8 Å². The van der Waals surface area contributed by atoms with Crippen LogP contribution in [0.5, 0.6) is 5.75 Å². The lowest BCUT2D eigenvalue weighted by Gasteiger charge is -2.10. The van der Waals surface area contributed by atoms with Gasteiger partial charge in [0.25, 0.3) is 0 Å². The van der Waals surface area contributed by atoms with Gasteiger partial charge in [-0.1, -0.05) is 18.2 Å². The Kier molecular flexibility index (Phi) is 6.41. The van der Waals surface area contributed by atoms with Crippen LogP contribution >= 0.6 is 0 Å². The van der Waals surface area contributed by atoms with E-state index in [0.29, 0.717) is 19.5 Å². The number of amides is 1. The highest BCUT2D eigenvalue weighted by atomic mass is 19.1. The predicted molar refractivity (Wildman–Crippen MR) is 89.2 cm³/mol. The minimum atomic E-state index is -0.273. The third kappa shape index (κ3) is 5.62. The molecule has 0 aliphatic carbocycles. The van der Waals surface area contributed by atoms with Crippen molar-refractivity contribution in [3.8, 4) is 5.75 Å². The minimum Gasteiger partial charge on any atom is -0.496 e. The van der Waals surface area contributed by atoms with Gasteiger partial charge in [-0.25, -0.2) is 4.39 Å². The van der Waals surface area contributed by atoms with E-state index in [-0.39, 0.29) is 11.7 Å². The molecule has 2 rings (SSSR count). The van der Waals surface area contributed by atoms with Gasteiger partial charge < -0.3 is 15.4 Å². The average Bonchev–Trinajstić information content (AvgIpc) is 2.57. The number of halogens is 1. The Hall–Kier alpha value is -2.56. The molecule has 0 aliphatic rings. The van der Waals surface area contributed by atoms with E-state index in [1.165, 1.54) is 12.1 Å². The van der Waals surface area contributed by atoms with Crippen LogP contribution in [0.3, 0.4) is 0 Å². The van der Waals surface area contributed by atoms with E-state index in [0.717, 1.165) is 23.4 Å². The molecule has 5 heteroatoms. The van der Waals surface area contributed by atoms with Gasteiger partial charge in [-0.05, 0) is 42.3 Å². The summed E-state index contributed by atoms with van der Waals surface area (Å²) in [5, 5.41) is 5.96. The zero-order valence-corrected chi connectivity index (χ0v) is 13.1. The molecule has 0 atom stereocenters. The fraction of sp³-hybridized carbons (Fsp3) is 0.278. The topological polar surface area (TPSA) is 50.4 Å². The Bertz CT molecular complexity index is 629. The summed E-state index contributed by atoms with van der Waals surface area (Å²) < 4.78 is 18.0. The summed E-state index contributed by atoms with van der Waals surface area (Å²) in [6.45, 7) is 1.07. The van der Waals surface area contributed by atoms with Crippen molar-refractivity contribution in [3.63, 3.8) is 0 Å². The second-order valence-corrected chi connectivity index (χ2v) is 5.10. The summed E-state index contributed by atoms with van der Waals surface area (Å²) in [4.78, 5) is 11.8. The fourth-order valence-electron chi connectivity index (χ4n) is 2.22. The van der Waals surface area contributed by atoms with Gasteiger partial charge in [0.1, 0.15) is 11.6 Å². The predicted octanol–water partition coefficient (Wildman–Crippen LogP) is 3.00. The molecular formula is C18H21FN2O2. The lowest BCUT2D eigenvalue weighted by atomic mass is 10.1. The molecule has 0 spiro atoms. The Labute approximate surface area is 135 Å². The van der Waals surface area contributed by atoms with Crippen LogP contribution in [-0.4, -0.2) is 26.1 Å². The van der Waals surface area contributed by atoms with E-state index in [1.807, 2.05) is 24.3 Å². The van der Waals surface area contributed by atoms with Gasteiger partial charge >= 0.3 is 0 Å². The van der Waals surface area contributed by atoms with E-state index in [1.54, 1.807) is 19.2 Å². The first kappa shape index (κ1) is 16.8. The number of hydrogen-bond donors (Lipinski definition) is 2. The molecule has 122 valence electrons. The van der Waals surface area contributed by atoms with E-state index >= 15 is 0 Å². The number of carbonyl (C=O) groups excluding carboxylic acids is 1. The normalized spacial score (nSPS) is 10.2. The Morgan fingerprint density at radius 1 is 1.09 bits per heavy atom. The highest BCUT2D eigenvalue weighted by molar-refractivity contribution is 5.76. The van der Waals surface area contributed by atoms with Gasteiger partial charge in [-0.3, -0.25) is 4.79 Å². The number of benzene rings is 2. The van der Waals surface area contributed by atoms with Crippen LogP contribution in [0.2, 0.25) is 0 Å². The molecule has 23 heavy (non-hydrogen) atoms. The van der Waals surface area contributed by atoms with Crippen molar-refractivity contribution in [1.82, 2.24) is 5.32 Å². The number of rotatable bonds is 8. The molecule has 0 saturated heterocycles. The maximum Gasteiger partial charge on any atom is 0.221 e. The molecule has 0 aliphatic heterocycles. The number of anilines is 1. The van der Waals surface area contributed by atoms with Gasteiger partial charge in [0, 0.05) is 25.2 Å². The van der Waals surface area contributed by atoms with Gasteiger partial charge in [0.2, 0.25) is 5.91 Å². The van der Waals surface area contributed by atoms with Gasteiger partial charge in [-0.2, -0.15) is 0 Å². The SMILES string of the molecule is COc1ccccc1CCNC(=O)CCNc1ccc(F)cc1. The fourth-order valence-corrected chi connectivity index (χ4v) is 2.22. The van der Waals surface area contributed by atoms with Crippen LogP contribution in [-0.2, 0) is 11.2 Å². The molecule has 2 N–H and O–H groups in total. The first-order chi connectivity index (χ1) is 11.2. The van der Waals surface area contributed by atoms with E-state index in [4.69, 9.17) is 4.74 Å². The van der Waals surface area contributed by atoms with Crippen molar-refractivity contribution in [3.05, 3.63) is 59.9 Å². The number of hydrogen-bond acceptors (Lipinski definition) is 3. The Balaban J connectivity index is 1.66. The molecule has 0 unspecified atom stereocenters. The maximum atomic E-state index is 12.8. The summed E-state index contributed by atoms with van der Waals surface area (Å²) in [7, 11) is 1.64. The van der Waals surface area contributed by atoms with Crippen LogP contribution in [0.1, 0.15) is 12.0 Å². The summed E-state index contributed by atoms with van der Waals surface area (Å²) in [6, 6.07) is 13.8.